The number of alkyl halides is 3. The first-order valence-electron chi connectivity index (χ1n) is 7.85. The molecule has 1 aromatic heterocycles. The molecule has 27 heavy (non-hydrogen) atoms. The number of nitrogens with zero attached hydrogens (tertiary/aromatic N) is 1. The van der Waals surface area contributed by atoms with E-state index in [1.165, 1.54) is 24.3 Å². The van der Waals surface area contributed by atoms with E-state index in [0.29, 0.717) is 0 Å². The number of rotatable bonds is 3. The van der Waals surface area contributed by atoms with Crippen LogP contribution in [0.25, 0.3) is 22.4 Å². The zero-order chi connectivity index (χ0) is 20.0. The molecule has 5 nitrogen and oxygen atoms in total. The summed E-state index contributed by atoms with van der Waals surface area (Å²) in [4.78, 5) is -0.296. The van der Waals surface area contributed by atoms with Crippen LogP contribution in [0.5, 0.6) is 0 Å². The topological polar surface area (TPSA) is 88.8 Å². The summed E-state index contributed by atoms with van der Waals surface area (Å²) in [6.45, 7) is 3.63. The number of hydrogen-bond acceptors (Lipinski definition) is 3. The van der Waals surface area contributed by atoms with Gasteiger partial charge in [-0.1, -0.05) is 36.4 Å². The number of benzene rings is 2. The Morgan fingerprint density at radius 3 is 2.30 bits per heavy atom. The van der Waals surface area contributed by atoms with Gasteiger partial charge < -0.3 is 0 Å². The Morgan fingerprint density at radius 2 is 1.70 bits per heavy atom. The third-order valence-corrected chi connectivity index (χ3v) is 5.26. The molecule has 0 radical (unpaired) electrons. The monoisotopic (exact) mass is 395 g/mol. The zero-order valence-electron chi connectivity index (χ0n) is 14.4. The smallest absolute Gasteiger partial charge is 0.272 e. The number of hydrogen-bond donors (Lipinski definition) is 2. The average molecular weight is 395 g/mol. The first-order valence-corrected chi connectivity index (χ1v) is 9.40. The van der Waals surface area contributed by atoms with Crippen LogP contribution in [0.4, 0.5) is 13.2 Å². The van der Waals surface area contributed by atoms with E-state index in [2.05, 4.69) is 5.10 Å². The summed E-state index contributed by atoms with van der Waals surface area (Å²) in [5.41, 5.74) is 0.593. The zero-order valence-corrected chi connectivity index (χ0v) is 15.2. The Morgan fingerprint density at radius 1 is 1.04 bits per heavy atom. The molecule has 0 saturated heterocycles. The van der Waals surface area contributed by atoms with Gasteiger partial charge in [0.15, 0.2) is 0 Å². The highest BCUT2D eigenvalue weighted by atomic mass is 32.2. The molecule has 3 aromatic rings. The first-order chi connectivity index (χ1) is 12.5. The fraction of sp³-hybridized carbons (Fsp3) is 0.167. The van der Waals surface area contributed by atoms with Crippen LogP contribution in [-0.2, 0) is 16.2 Å². The highest BCUT2D eigenvalue weighted by Gasteiger charge is 2.38. The van der Waals surface area contributed by atoms with Crippen molar-refractivity contribution in [2.45, 2.75) is 24.9 Å². The molecule has 0 spiro atoms. The van der Waals surface area contributed by atoms with Crippen molar-refractivity contribution in [2.24, 2.45) is 5.14 Å². The van der Waals surface area contributed by atoms with E-state index >= 15 is 0 Å². The lowest BCUT2D eigenvalue weighted by Gasteiger charge is -2.12. The van der Waals surface area contributed by atoms with E-state index in [1.807, 2.05) is 12.0 Å². The van der Waals surface area contributed by atoms with E-state index < -0.39 is 21.9 Å². The summed E-state index contributed by atoms with van der Waals surface area (Å²) < 4.78 is 64.5. The predicted octanol–water partition coefficient (Wildman–Crippen LogP) is 4.03. The summed E-state index contributed by atoms with van der Waals surface area (Å²) in [5, 5.41) is 11.0. The molecule has 0 unspecified atom stereocenters. The number of nitrogens with two attached hydrogens (primary N) is 1. The van der Waals surface area contributed by atoms with Crippen LogP contribution in [0.1, 0.15) is 16.8 Å². The molecule has 3 N–H and O–H groups in total. The number of sulfonamides is 1. The van der Waals surface area contributed by atoms with Crippen LogP contribution < -0.4 is 5.14 Å². The third-order valence-electron chi connectivity index (χ3n) is 4.29. The Labute approximate surface area is 154 Å². The minimum absolute atomic E-state index is 0.0000203. The van der Waals surface area contributed by atoms with Gasteiger partial charge in [0.25, 0.3) is 0 Å². The van der Waals surface area contributed by atoms with E-state index in [1.54, 1.807) is 25.1 Å². The summed E-state index contributed by atoms with van der Waals surface area (Å²) in [7, 11) is -4.16. The van der Waals surface area contributed by atoms with Crippen molar-refractivity contribution in [2.75, 3.05) is 0 Å². The van der Waals surface area contributed by atoms with Crippen molar-refractivity contribution in [3.8, 4) is 22.4 Å². The van der Waals surface area contributed by atoms with Gasteiger partial charge in [0.1, 0.15) is 11.4 Å². The second-order valence-corrected chi connectivity index (χ2v) is 7.69. The maximum atomic E-state index is 13.6. The SMILES string of the molecule is Cc1ccc(-c2c(-c3ccccc3S(N)(=O)=O)n[nH]c2C(F)(F)F)cc1C. The molecule has 0 saturated carbocycles. The average Bonchev–Trinajstić information content (AvgIpc) is 3.02. The van der Waals surface area contributed by atoms with E-state index in [9.17, 15) is 21.6 Å². The van der Waals surface area contributed by atoms with Gasteiger partial charge in [-0.05, 0) is 36.6 Å². The van der Waals surface area contributed by atoms with E-state index in [-0.39, 0.29) is 27.3 Å². The van der Waals surface area contributed by atoms with Crippen molar-refractivity contribution < 1.29 is 21.6 Å². The number of halogens is 3. The van der Waals surface area contributed by atoms with Crippen LogP contribution in [0, 0.1) is 13.8 Å². The van der Waals surface area contributed by atoms with Gasteiger partial charge >= 0.3 is 6.18 Å². The summed E-state index contributed by atoms with van der Waals surface area (Å²) in [6.07, 6.45) is -4.70. The third kappa shape index (κ3) is 3.60. The van der Waals surface area contributed by atoms with Crippen LogP contribution in [0.15, 0.2) is 47.4 Å². The van der Waals surface area contributed by atoms with Crippen LogP contribution in [-0.4, -0.2) is 18.6 Å². The normalized spacial score (nSPS) is 12.4. The Kier molecular flexibility index (Phi) is 4.61. The Hall–Kier alpha value is -2.65. The molecule has 0 atom stereocenters. The van der Waals surface area contributed by atoms with Gasteiger partial charge in [-0.25, -0.2) is 13.6 Å². The molecule has 0 aliphatic heterocycles. The predicted molar refractivity (Wildman–Crippen MR) is 95.3 cm³/mol. The van der Waals surface area contributed by atoms with Gasteiger partial charge in [-0.3, -0.25) is 5.10 Å². The largest absolute Gasteiger partial charge is 0.433 e. The van der Waals surface area contributed by atoms with Crippen LogP contribution in [0.3, 0.4) is 0 Å². The number of primary sulfonamides is 1. The number of nitrogens with one attached hydrogen (secondary N) is 1. The van der Waals surface area contributed by atoms with Crippen molar-refractivity contribution in [3.05, 3.63) is 59.3 Å². The van der Waals surface area contributed by atoms with Gasteiger partial charge in [-0.2, -0.15) is 18.3 Å². The highest BCUT2D eigenvalue weighted by molar-refractivity contribution is 7.89. The molecule has 0 aliphatic rings. The number of aromatic amines is 1. The van der Waals surface area contributed by atoms with Gasteiger partial charge in [-0.15, -0.1) is 0 Å². The second kappa shape index (κ2) is 6.50. The lowest BCUT2D eigenvalue weighted by atomic mass is 9.96. The summed E-state index contributed by atoms with van der Waals surface area (Å²) in [6, 6.07) is 10.4. The van der Waals surface area contributed by atoms with Crippen LogP contribution in [0.2, 0.25) is 0 Å². The maximum Gasteiger partial charge on any atom is 0.433 e. The molecule has 2 aromatic carbocycles. The molecular formula is C18H16F3N3O2S. The molecule has 9 heteroatoms. The molecular weight excluding hydrogens is 379 g/mol. The molecule has 0 aliphatic carbocycles. The minimum Gasteiger partial charge on any atom is -0.272 e. The molecule has 3 rings (SSSR count). The number of aryl methyl sites for hydroxylation is 2. The summed E-state index contributed by atoms with van der Waals surface area (Å²) >= 11 is 0. The lowest BCUT2D eigenvalue weighted by molar-refractivity contribution is -0.140. The highest BCUT2D eigenvalue weighted by Crippen LogP contribution is 2.42. The second-order valence-electron chi connectivity index (χ2n) is 6.16. The van der Waals surface area contributed by atoms with E-state index in [0.717, 1.165) is 11.1 Å². The van der Waals surface area contributed by atoms with Gasteiger partial charge in [0.2, 0.25) is 10.0 Å². The lowest BCUT2D eigenvalue weighted by Crippen LogP contribution is -2.13. The van der Waals surface area contributed by atoms with Crippen molar-refractivity contribution in [1.29, 1.82) is 0 Å². The number of H-pyrrole nitrogens is 1. The van der Waals surface area contributed by atoms with Gasteiger partial charge in [0, 0.05) is 11.1 Å². The van der Waals surface area contributed by atoms with Crippen LogP contribution >= 0.6 is 0 Å². The minimum atomic E-state index is -4.70. The molecule has 142 valence electrons. The molecule has 0 bridgehead atoms. The first kappa shape index (κ1) is 19.1. The fourth-order valence-electron chi connectivity index (χ4n) is 2.83. The van der Waals surface area contributed by atoms with E-state index in [4.69, 9.17) is 5.14 Å². The quantitative estimate of drug-likeness (QED) is 0.702. The molecule has 0 fully saturated rings. The van der Waals surface area contributed by atoms with Gasteiger partial charge in [0.05, 0.1) is 4.90 Å². The molecule has 0 amide bonds. The Balaban J connectivity index is 2.37. The standard InChI is InChI=1S/C18H16F3N3O2S/c1-10-7-8-12(9-11(10)2)15-16(23-24-17(15)18(19,20)21)13-5-3-4-6-14(13)27(22,25)26/h3-9H,1-2H3,(H,23,24)(H2,22,25,26). The number of aromatic nitrogens is 2. The van der Waals surface area contributed by atoms with Crippen molar-refractivity contribution >= 4 is 10.0 Å². The summed E-state index contributed by atoms with van der Waals surface area (Å²) in [5.74, 6) is 0. The van der Waals surface area contributed by atoms with Crippen molar-refractivity contribution in [3.63, 3.8) is 0 Å². The fourth-order valence-corrected chi connectivity index (χ4v) is 3.57. The Bertz CT molecular complexity index is 1120. The maximum absolute atomic E-state index is 13.6. The van der Waals surface area contributed by atoms with Crippen molar-refractivity contribution in [1.82, 2.24) is 10.2 Å². The molecule has 1 heterocycles.